The van der Waals surface area contributed by atoms with Crippen molar-refractivity contribution in [1.82, 2.24) is 20.2 Å². The van der Waals surface area contributed by atoms with Crippen LogP contribution in [0.4, 0.5) is 11.6 Å². The van der Waals surface area contributed by atoms with Crippen LogP contribution >= 0.6 is 0 Å². The fourth-order valence-electron chi connectivity index (χ4n) is 2.31. The highest BCUT2D eigenvalue weighted by Crippen LogP contribution is 2.33. The molecule has 2 aromatic rings. The van der Waals surface area contributed by atoms with Crippen LogP contribution in [0.25, 0.3) is 0 Å². The minimum absolute atomic E-state index is 0.597. The molecule has 3 rings (SSSR count). The first-order chi connectivity index (χ1) is 8.81. The Bertz CT molecular complexity index is 528. The average molecular weight is 242 g/mol. The lowest BCUT2D eigenvalue weighted by Gasteiger charge is -2.03. The van der Waals surface area contributed by atoms with Gasteiger partial charge >= 0.3 is 0 Å². The highest BCUT2D eigenvalue weighted by molar-refractivity contribution is 5.51. The van der Waals surface area contributed by atoms with Crippen molar-refractivity contribution in [2.45, 2.75) is 32.1 Å². The zero-order valence-electron chi connectivity index (χ0n) is 10.3. The Morgan fingerprint density at radius 3 is 3.11 bits per heavy atom. The summed E-state index contributed by atoms with van der Waals surface area (Å²) in [6, 6.07) is 3.91. The Kier molecular flexibility index (Phi) is 2.96. The number of rotatable bonds is 3. The van der Waals surface area contributed by atoms with Crippen molar-refractivity contribution in [3.63, 3.8) is 0 Å². The first kappa shape index (κ1) is 11.2. The van der Waals surface area contributed by atoms with Gasteiger partial charge < -0.3 is 5.32 Å². The standard InChI is InChI=1S/C13H16N5/c1-9-14-7-6-12(15-9)16-13-8-11(17-18-13)10-4-2-3-5-10/h2,6-8,10H,3-5H2,1H3,(H2,14,15,16,17,18)/t10-/m0/s1. The molecule has 1 aliphatic rings. The van der Waals surface area contributed by atoms with Gasteiger partial charge in [-0.25, -0.2) is 9.97 Å². The second kappa shape index (κ2) is 4.76. The van der Waals surface area contributed by atoms with Crippen LogP contribution in [-0.2, 0) is 0 Å². The molecule has 1 aliphatic carbocycles. The maximum Gasteiger partial charge on any atom is 0.153 e. The highest BCUT2D eigenvalue weighted by atomic mass is 15.2. The number of anilines is 2. The quantitative estimate of drug-likeness (QED) is 0.868. The molecule has 0 aliphatic heterocycles. The molecule has 18 heavy (non-hydrogen) atoms. The Labute approximate surface area is 106 Å². The summed E-state index contributed by atoms with van der Waals surface area (Å²) in [5.74, 6) is 2.94. The van der Waals surface area contributed by atoms with Gasteiger partial charge in [0.15, 0.2) is 5.82 Å². The topological polar surface area (TPSA) is 66.5 Å². The number of aromatic nitrogens is 4. The van der Waals surface area contributed by atoms with Gasteiger partial charge in [0.1, 0.15) is 11.6 Å². The highest BCUT2D eigenvalue weighted by Gasteiger charge is 2.19. The molecule has 2 aromatic heterocycles. The molecule has 5 nitrogen and oxygen atoms in total. The van der Waals surface area contributed by atoms with Crippen LogP contribution in [-0.4, -0.2) is 20.2 Å². The second-order valence-corrected chi connectivity index (χ2v) is 4.62. The SMILES string of the molecule is Cc1nccc(Nc2cc([C@H]3C[CH]CC3)[nH]n2)n1. The van der Waals surface area contributed by atoms with E-state index in [9.17, 15) is 0 Å². The molecular weight excluding hydrogens is 226 g/mol. The number of nitrogens with zero attached hydrogens (tertiary/aromatic N) is 3. The van der Waals surface area contributed by atoms with Gasteiger partial charge in [0.2, 0.25) is 0 Å². The minimum atomic E-state index is 0.597. The van der Waals surface area contributed by atoms with E-state index in [0.717, 1.165) is 23.9 Å². The van der Waals surface area contributed by atoms with E-state index in [2.05, 4.69) is 38.0 Å². The van der Waals surface area contributed by atoms with Crippen LogP contribution in [0.15, 0.2) is 18.3 Å². The summed E-state index contributed by atoms with van der Waals surface area (Å²) in [4.78, 5) is 8.36. The second-order valence-electron chi connectivity index (χ2n) is 4.62. The molecule has 1 radical (unpaired) electrons. The maximum absolute atomic E-state index is 4.29. The predicted molar refractivity (Wildman–Crippen MR) is 69.5 cm³/mol. The Morgan fingerprint density at radius 1 is 1.39 bits per heavy atom. The van der Waals surface area contributed by atoms with Crippen molar-refractivity contribution >= 4 is 11.6 Å². The molecule has 0 amide bonds. The third-order valence-electron chi connectivity index (χ3n) is 3.24. The number of nitrogens with one attached hydrogen (secondary N) is 2. The van der Waals surface area contributed by atoms with Crippen molar-refractivity contribution in [1.29, 1.82) is 0 Å². The van der Waals surface area contributed by atoms with Crippen LogP contribution < -0.4 is 5.32 Å². The molecule has 0 unspecified atom stereocenters. The van der Waals surface area contributed by atoms with Crippen molar-refractivity contribution in [3.05, 3.63) is 36.3 Å². The number of hydrogen-bond acceptors (Lipinski definition) is 4. The average Bonchev–Trinajstić information content (AvgIpc) is 2.98. The van der Waals surface area contributed by atoms with E-state index in [1.807, 2.05) is 13.0 Å². The van der Waals surface area contributed by atoms with E-state index in [1.54, 1.807) is 6.20 Å². The van der Waals surface area contributed by atoms with Gasteiger partial charge in [-0.05, 0) is 38.7 Å². The summed E-state index contributed by atoms with van der Waals surface area (Å²) >= 11 is 0. The van der Waals surface area contributed by atoms with Crippen LogP contribution in [0.5, 0.6) is 0 Å². The molecule has 0 aromatic carbocycles. The van der Waals surface area contributed by atoms with E-state index < -0.39 is 0 Å². The van der Waals surface area contributed by atoms with Gasteiger partial charge in [-0.2, -0.15) is 5.10 Å². The summed E-state index contributed by atoms with van der Waals surface area (Å²) < 4.78 is 0. The summed E-state index contributed by atoms with van der Waals surface area (Å²) in [7, 11) is 0. The smallest absolute Gasteiger partial charge is 0.153 e. The molecule has 1 atom stereocenters. The molecule has 5 heteroatoms. The lowest BCUT2D eigenvalue weighted by molar-refractivity contribution is 0.699. The molecule has 2 heterocycles. The van der Waals surface area contributed by atoms with Gasteiger partial charge in [-0.1, -0.05) is 0 Å². The fraction of sp³-hybridized carbons (Fsp3) is 0.385. The van der Waals surface area contributed by atoms with E-state index in [1.165, 1.54) is 18.5 Å². The fourth-order valence-corrected chi connectivity index (χ4v) is 2.31. The summed E-state index contributed by atoms with van der Waals surface area (Å²) in [5.41, 5.74) is 1.21. The molecule has 0 spiro atoms. The van der Waals surface area contributed by atoms with Gasteiger partial charge in [-0.3, -0.25) is 5.10 Å². The summed E-state index contributed by atoms with van der Waals surface area (Å²) in [5, 5.41) is 10.6. The maximum atomic E-state index is 4.29. The van der Waals surface area contributed by atoms with E-state index >= 15 is 0 Å². The van der Waals surface area contributed by atoms with Crippen LogP contribution in [0.1, 0.15) is 36.7 Å². The van der Waals surface area contributed by atoms with E-state index in [-0.39, 0.29) is 0 Å². The molecular formula is C13H16N5. The number of hydrogen-bond donors (Lipinski definition) is 2. The number of H-pyrrole nitrogens is 1. The normalized spacial score (nSPS) is 16.1. The predicted octanol–water partition coefficient (Wildman–Crippen LogP) is 2.72. The minimum Gasteiger partial charge on any atom is -0.323 e. The Balaban J connectivity index is 1.73. The summed E-state index contributed by atoms with van der Waals surface area (Å²) in [6.07, 6.45) is 7.65. The Morgan fingerprint density at radius 2 is 2.33 bits per heavy atom. The van der Waals surface area contributed by atoms with Gasteiger partial charge in [0, 0.05) is 23.9 Å². The van der Waals surface area contributed by atoms with Crippen molar-refractivity contribution in [2.75, 3.05) is 5.32 Å². The number of aryl methyl sites for hydroxylation is 1. The third kappa shape index (κ3) is 2.34. The molecule has 1 fully saturated rings. The van der Waals surface area contributed by atoms with Gasteiger partial charge in [0.25, 0.3) is 0 Å². The number of aromatic amines is 1. The zero-order chi connectivity index (χ0) is 12.4. The Hall–Kier alpha value is -1.91. The van der Waals surface area contributed by atoms with E-state index in [0.29, 0.717) is 5.92 Å². The lowest BCUT2D eigenvalue weighted by Crippen LogP contribution is -1.96. The zero-order valence-corrected chi connectivity index (χ0v) is 10.3. The van der Waals surface area contributed by atoms with Crippen LogP contribution in [0, 0.1) is 13.3 Å². The molecule has 0 bridgehead atoms. The van der Waals surface area contributed by atoms with Crippen LogP contribution in [0.3, 0.4) is 0 Å². The van der Waals surface area contributed by atoms with Gasteiger partial charge in [-0.15, -0.1) is 0 Å². The van der Waals surface area contributed by atoms with Crippen molar-refractivity contribution in [2.24, 2.45) is 0 Å². The van der Waals surface area contributed by atoms with Crippen molar-refractivity contribution < 1.29 is 0 Å². The molecule has 93 valence electrons. The third-order valence-corrected chi connectivity index (χ3v) is 3.24. The molecule has 1 saturated carbocycles. The first-order valence-electron chi connectivity index (χ1n) is 6.25. The summed E-state index contributed by atoms with van der Waals surface area (Å²) in [6.45, 7) is 1.87. The van der Waals surface area contributed by atoms with Gasteiger partial charge in [0.05, 0.1) is 0 Å². The van der Waals surface area contributed by atoms with Crippen molar-refractivity contribution in [3.8, 4) is 0 Å². The van der Waals surface area contributed by atoms with E-state index in [4.69, 9.17) is 0 Å². The molecule has 2 N–H and O–H groups in total. The molecule has 0 saturated heterocycles. The first-order valence-corrected chi connectivity index (χ1v) is 6.25. The van der Waals surface area contributed by atoms with Crippen LogP contribution in [0.2, 0.25) is 0 Å². The largest absolute Gasteiger partial charge is 0.323 e. The lowest BCUT2D eigenvalue weighted by atomic mass is 10.0. The monoisotopic (exact) mass is 242 g/mol.